The Morgan fingerprint density at radius 1 is 0.846 bits per heavy atom. The van der Waals surface area contributed by atoms with Crippen LogP contribution in [0, 0.1) is 0 Å². The van der Waals surface area contributed by atoms with Gasteiger partial charge in [0.1, 0.15) is 13.2 Å². The van der Waals surface area contributed by atoms with Crippen LogP contribution in [0.25, 0.3) is 11.1 Å². The third-order valence-electron chi connectivity index (χ3n) is 3.50. The molecule has 0 aliphatic heterocycles. The summed E-state index contributed by atoms with van der Waals surface area (Å²) in [5, 5.41) is 0. The Morgan fingerprint density at radius 3 is 1.88 bits per heavy atom. The normalized spacial score (nSPS) is 9.88. The van der Waals surface area contributed by atoms with Crippen molar-refractivity contribution in [2.24, 2.45) is 0 Å². The Bertz CT molecular complexity index is 825. The third kappa shape index (κ3) is 4.57. The van der Waals surface area contributed by atoms with E-state index in [0.29, 0.717) is 22.3 Å². The number of carbonyl (C=O) groups excluding carboxylic acids is 3. The average Bonchev–Trinajstić information content (AvgIpc) is 2.70. The minimum absolute atomic E-state index is 0.0719. The van der Waals surface area contributed by atoms with Crippen molar-refractivity contribution in [2.45, 2.75) is 0 Å². The van der Waals surface area contributed by atoms with Gasteiger partial charge < -0.3 is 14.2 Å². The summed E-state index contributed by atoms with van der Waals surface area (Å²) < 4.78 is 14.7. The van der Waals surface area contributed by atoms with E-state index in [1.54, 1.807) is 48.5 Å². The largest absolute Gasteiger partial charge is 0.465 e. The third-order valence-corrected chi connectivity index (χ3v) is 3.50. The highest BCUT2D eigenvalue weighted by atomic mass is 16.6. The van der Waals surface area contributed by atoms with E-state index in [1.165, 1.54) is 7.11 Å². The van der Waals surface area contributed by atoms with E-state index in [0.717, 1.165) is 6.08 Å². The lowest BCUT2D eigenvalue weighted by Crippen LogP contribution is -2.14. The van der Waals surface area contributed by atoms with Gasteiger partial charge in [-0.1, -0.05) is 43.0 Å². The Labute approximate surface area is 151 Å². The van der Waals surface area contributed by atoms with Crippen molar-refractivity contribution < 1.29 is 28.6 Å². The van der Waals surface area contributed by atoms with Gasteiger partial charge in [0.05, 0.1) is 18.2 Å². The summed E-state index contributed by atoms with van der Waals surface area (Å²) in [5.74, 6) is -1.68. The van der Waals surface area contributed by atoms with E-state index in [2.05, 4.69) is 6.58 Å². The Hall–Kier alpha value is -3.41. The first-order valence-corrected chi connectivity index (χ1v) is 7.81. The van der Waals surface area contributed by atoms with Gasteiger partial charge in [0.2, 0.25) is 0 Å². The number of hydrogen-bond donors (Lipinski definition) is 0. The maximum atomic E-state index is 12.4. The van der Waals surface area contributed by atoms with Crippen molar-refractivity contribution in [2.75, 3.05) is 20.3 Å². The average molecular weight is 354 g/mol. The zero-order chi connectivity index (χ0) is 18.9. The van der Waals surface area contributed by atoms with E-state index in [1.807, 2.05) is 0 Å². The van der Waals surface area contributed by atoms with E-state index < -0.39 is 17.9 Å². The molecule has 0 fully saturated rings. The second-order valence-corrected chi connectivity index (χ2v) is 5.09. The minimum atomic E-state index is -0.589. The molecule has 0 N–H and O–H groups in total. The molecule has 0 saturated heterocycles. The van der Waals surface area contributed by atoms with Gasteiger partial charge >= 0.3 is 17.9 Å². The molecule has 134 valence electrons. The van der Waals surface area contributed by atoms with Gasteiger partial charge in [-0.05, 0) is 23.3 Å². The first-order valence-electron chi connectivity index (χ1n) is 7.81. The van der Waals surface area contributed by atoms with Crippen molar-refractivity contribution in [1.82, 2.24) is 0 Å². The molecule has 0 saturated carbocycles. The summed E-state index contributed by atoms with van der Waals surface area (Å²) in [6.07, 6.45) is 1.03. The van der Waals surface area contributed by atoms with Crippen molar-refractivity contribution in [3.8, 4) is 11.1 Å². The first kappa shape index (κ1) is 18.9. The molecular weight excluding hydrogens is 336 g/mol. The Balaban J connectivity index is 2.23. The summed E-state index contributed by atoms with van der Waals surface area (Å²) in [4.78, 5) is 35.4. The number of ether oxygens (including phenoxy) is 3. The van der Waals surface area contributed by atoms with E-state index in [4.69, 9.17) is 14.2 Å². The molecule has 0 radical (unpaired) electrons. The highest BCUT2D eigenvalue weighted by molar-refractivity contribution is 6.03. The van der Waals surface area contributed by atoms with Crippen LogP contribution in [-0.4, -0.2) is 38.2 Å². The van der Waals surface area contributed by atoms with Gasteiger partial charge in [0, 0.05) is 6.08 Å². The molecule has 0 atom stereocenters. The number of carbonyl (C=O) groups is 3. The quantitative estimate of drug-likeness (QED) is 0.329. The van der Waals surface area contributed by atoms with E-state index in [-0.39, 0.29) is 13.2 Å². The lowest BCUT2D eigenvalue weighted by atomic mass is 9.95. The molecule has 0 aromatic heterocycles. The van der Waals surface area contributed by atoms with Crippen LogP contribution in [0.4, 0.5) is 0 Å². The van der Waals surface area contributed by atoms with Crippen molar-refractivity contribution in [3.05, 3.63) is 72.3 Å². The first-order chi connectivity index (χ1) is 12.6. The standard InChI is InChI=1S/C20H18O6/c1-3-18(21)25-12-13-26-20(23)17-11-7-5-9-15(17)14-8-4-6-10-16(14)19(22)24-2/h3-11H,1,12-13H2,2H3. The number of methoxy groups -OCH3 is 1. The van der Waals surface area contributed by atoms with Gasteiger partial charge in [-0.2, -0.15) is 0 Å². The molecule has 2 rings (SSSR count). The van der Waals surface area contributed by atoms with Crippen LogP contribution in [-0.2, 0) is 19.0 Å². The molecule has 0 amide bonds. The maximum Gasteiger partial charge on any atom is 0.338 e. The molecule has 0 aliphatic carbocycles. The SMILES string of the molecule is C=CC(=O)OCCOC(=O)c1ccccc1-c1ccccc1C(=O)OC. The fourth-order valence-corrected chi connectivity index (χ4v) is 2.32. The smallest absolute Gasteiger partial charge is 0.338 e. The predicted molar refractivity (Wildman–Crippen MR) is 94.7 cm³/mol. The minimum Gasteiger partial charge on any atom is -0.465 e. The number of esters is 3. The zero-order valence-corrected chi connectivity index (χ0v) is 14.3. The summed E-state index contributed by atoms with van der Waals surface area (Å²) >= 11 is 0. The van der Waals surface area contributed by atoms with Gasteiger partial charge in [0.25, 0.3) is 0 Å². The van der Waals surface area contributed by atoms with Crippen LogP contribution in [0.3, 0.4) is 0 Å². The van der Waals surface area contributed by atoms with Crippen molar-refractivity contribution in [1.29, 1.82) is 0 Å². The molecular formula is C20H18O6. The molecule has 6 nitrogen and oxygen atoms in total. The van der Waals surface area contributed by atoms with Gasteiger partial charge in [-0.15, -0.1) is 0 Å². The van der Waals surface area contributed by atoms with Crippen LogP contribution in [0.2, 0.25) is 0 Å². The van der Waals surface area contributed by atoms with Crippen LogP contribution in [0.1, 0.15) is 20.7 Å². The molecule has 6 heteroatoms. The maximum absolute atomic E-state index is 12.4. The van der Waals surface area contributed by atoms with Crippen molar-refractivity contribution >= 4 is 17.9 Å². The molecule has 26 heavy (non-hydrogen) atoms. The molecule has 0 heterocycles. The fraction of sp³-hybridized carbons (Fsp3) is 0.150. The second kappa shape index (κ2) is 9.17. The van der Waals surface area contributed by atoms with Gasteiger partial charge in [-0.3, -0.25) is 0 Å². The van der Waals surface area contributed by atoms with Gasteiger partial charge in [0.15, 0.2) is 0 Å². The number of hydrogen-bond acceptors (Lipinski definition) is 6. The van der Waals surface area contributed by atoms with E-state index in [9.17, 15) is 14.4 Å². The van der Waals surface area contributed by atoms with Crippen LogP contribution in [0.15, 0.2) is 61.2 Å². The number of benzene rings is 2. The molecule has 0 spiro atoms. The molecule has 0 aliphatic rings. The Morgan fingerprint density at radius 2 is 1.35 bits per heavy atom. The fourth-order valence-electron chi connectivity index (χ4n) is 2.32. The Kier molecular flexibility index (Phi) is 6.68. The molecule has 0 unspecified atom stereocenters. The van der Waals surface area contributed by atoms with Crippen molar-refractivity contribution in [3.63, 3.8) is 0 Å². The predicted octanol–water partition coefficient (Wildman–Crippen LogP) is 3.03. The molecule has 2 aromatic carbocycles. The summed E-state index contributed by atoms with van der Waals surface area (Å²) in [6.45, 7) is 3.11. The summed E-state index contributed by atoms with van der Waals surface area (Å²) in [6, 6.07) is 13.6. The molecule has 2 aromatic rings. The second-order valence-electron chi connectivity index (χ2n) is 5.09. The summed E-state index contributed by atoms with van der Waals surface area (Å²) in [5.41, 5.74) is 1.74. The zero-order valence-electron chi connectivity index (χ0n) is 14.3. The van der Waals surface area contributed by atoms with E-state index >= 15 is 0 Å². The van der Waals surface area contributed by atoms with Crippen LogP contribution >= 0.6 is 0 Å². The monoisotopic (exact) mass is 354 g/mol. The highest BCUT2D eigenvalue weighted by Gasteiger charge is 2.19. The molecule has 0 bridgehead atoms. The lowest BCUT2D eigenvalue weighted by molar-refractivity contribution is -0.138. The topological polar surface area (TPSA) is 78.9 Å². The summed E-state index contributed by atoms with van der Waals surface area (Å²) in [7, 11) is 1.30. The van der Waals surface area contributed by atoms with Gasteiger partial charge in [-0.25, -0.2) is 14.4 Å². The highest BCUT2D eigenvalue weighted by Crippen LogP contribution is 2.28. The van der Waals surface area contributed by atoms with Crippen LogP contribution < -0.4 is 0 Å². The van der Waals surface area contributed by atoms with Crippen LogP contribution in [0.5, 0.6) is 0 Å². The lowest BCUT2D eigenvalue weighted by Gasteiger charge is -2.12. The number of rotatable bonds is 7.